The molecule has 0 bridgehead atoms. The van der Waals surface area contributed by atoms with Gasteiger partial charge in [0.05, 0.1) is 7.11 Å². The smallest absolute Gasteiger partial charge is 0.305 e. The van der Waals surface area contributed by atoms with Crippen LogP contribution in [0.3, 0.4) is 0 Å². The number of methoxy groups -OCH3 is 1. The fraction of sp³-hybridized carbons (Fsp3) is 0.571. The maximum Gasteiger partial charge on any atom is 0.305 e. The lowest BCUT2D eigenvalue weighted by Crippen LogP contribution is -2.19. The monoisotopic (exact) mass is 344 g/mol. The van der Waals surface area contributed by atoms with Gasteiger partial charge in [-0.25, -0.2) is 0 Å². The number of carbonyl (C=O) groups excluding carboxylic acids is 1. The molecule has 0 radical (unpaired) electrons. The normalized spacial score (nSPS) is 18.8. The van der Waals surface area contributed by atoms with E-state index in [0.717, 1.165) is 12.0 Å². The molecule has 4 nitrogen and oxygen atoms in total. The number of esters is 1. The zero-order chi connectivity index (χ0) is 17.7. The molecule has 25 heavy (non-hydrogen) atoms. The van der Waals surface area contributed by atoms with E-state index < -0.39 is 0 Å². The van der Waals surface area contributed by atoms with Crippen molar-refractivity contribution in [1.29, 1.82) is 0 Å². The van der Waals surface area contributed by atoms with Crippen LogP contribution in [0.1, 0.15) is 56.9 Å². The fourth-order valence-electron chi connectivity index (χ4n) is 4.19. The summed E-state index contributed by atoms with van der Waals surface area (Å²) in [6, 6.07) is 5.36. The third-order valence-corrected chi connectivity index (χ3v) is 5.56. The molecular weight excluding hydrogens is 316 g/mol. The summed E-state index contributed by atoms with van der Waals surface area (Å²) in [5.41, 5.74) is 2.69. The molecule has 0 atom stereocenters. The standard InChI is InChI=1S/C21H28O4/c1-24-20(23)9-7-16-6-8-19(18(22)13-16)25-15-17-5-4-12-21(14-17)10-2-3-11-21/h6,8,13-14,22H,2-5,7,9-12,15H2,1H3. The average molecular weight is 344 g/mol. The van der Waals surface area contributed by atoms with Crippen LogP contribution in [0.4, 0.5) is 0 Å². The molecule has 136 valence electrons. The second-order valence-corrected chi connectivity index (χ2v) is 7.39. The number of ether oxygens (including phenoxy) is 2. The Morgan fingerprint density at radius 3 is 2.68 bits per heavy atom. The van der Waals surface area contributed by atoms with Crippen LogP contribution in [0.25, 0.3) is 0 Å². The van der Waals surface area contributed by atoms with E-state index in [-0.39, 0.29) is 11.7 Å². The van der Waals surface area contributed by atoms with Gasteiger partial charge < -0.3 is 14.6 Å². The topological polar surface area (TPSA) is 55.8 Å². The molecule has 1 saturated carbocycles. The van der Waals surface area contributed by atoms with E-state index in [2.05, 4.69) is 10.8 Å². The highest BCUT2D eigenvalue weighted by molar-refractivity contribution is 5.69. The molecule has 0 aromatic heterocycles. The quantitative estimate of drug-likeness (QED) is 0.608. The Balaban J connectivity index is 1.58. The summed E-state index contributed by atoms with van der Waals surface area (Å²) < 4.78 is 10.5. The van der Waals surface area contributed by atoms with Gasteiger partial charge in [0.25, 0.3) is 0 Å². The van der Waals surface area contributed by atoms with Gasteiger partial charge in [0.15, 0.2) is 11.5 Å². The van der Waals surface area contributed by atoms with E-state index in [1.807, 2.05) is 6.07 Å². The molecule has 0 amide bonds. The molecule has 2 aliphatic carbocycles. The second kappa shape index (κ2) is 7.94. The minimum absolute atomic E-state index is 0.134. The summed E-state index contributed by atoms with van der Waals surface area (Å²) in [4.78, 5) is 11.2. The molecule has 0 aliphatic heterocycles. The lowest BCUT2D eigenvalue weighted by atomic mass is 9.75. The van der Waals surface area contributed by atoms with E-state index in [1.54, 1.807) is 12.1 Å². The van der Waals surface area contributed by atoms with Crippen LogP contribution in [0, 0.1) is 5.41 Å². The number of phenolic OH excluding ortho intramolecular Hbond substituents is 1. The van der Waals surface area contributed by atoms with E-state index in [1.165, 1.54) is 51.2 Å². The summed E-state index contributed by atoms with van der Waals surface area (Å²) in [6.07, 6.45) is 12.3. The van der Waals surface area contributed by atoms with Gasteiger partial charge in [0, 0.05) is 6.42 Å². The first-order chi connectivity index (χ1) is 12.1. The van der Waals surface area contributed by atoms with Crippen molar-refractivity contribution in [3.8, 4) is 11.5 Å². The Bertz CT molecular complexity index is 641. The van der Waals surface area contributed by atoms with Crippen LogP contribution in [-0.4, -0.2) is 24.8 Å². The molecular formula is C21H28O4. The van der Waals surface area contributed by atoms with Crippen molar-refractivity contribution < 1.29 is 19.4 Å². The third-order valence-electron chi connectivity index (χ3n) is 5.56. The van der Waals surface area contributed by atoms with Crippen molar-refractivity contribution in [2.45, 2.75) is 57.8 Å². The minimum atomic E-state index is -0.245. The zero-order valence-electron chi connectivity index (χ0n) is 15.1. The first kappa shape index (κ1) is 17.8. The summed E-state index contributed by atoms with van der Waals surface area (Å²) in [7, 11) is 1.38. The van der Waals surface area contributed by atoms with Crippen molar-refractivity contribution in [3.05, 3.63) is 35.4 Å². The summed E-state index contributed by atoms with van der Waals surface area (Å²) in [5.74, 6) is 0.396. The van der Waals surface area contributed by atoms with Crippen molar-refractivity contribution in [3.63, 3.8) is 0 Å². The van der Waals surface area contributed by atoms with Crippen LogP contribution in [-0.2, 0) is 16.0 Å². The van der Waals surface area contributed by atoms with Crippen LogP contribution in [0.15, 0.2) is 29.8 Å². The van der Waals surface area contributed by atoms with Crippen molar-refractivity contribution in [2.24, 2.45) is 5.41 Å². The van der Waals surface area contributed by atoms with Gasteiger partial charge in [-0.1, -0.05) is 25.0 Å². The Kier molecular flexibility index (Phi) is 5.67. The van der Waals surface area contributed by atoms with Crippen molar-refractivity contribution in [1.82, 2.24) is 0 Å². The first-order valence-electron chi connectivity index (χ1n) is 9.32. The van der Waals surface area contributed by atoms with Crippen molar-refractivity contribution in [2.75, 3.05) is 13.7 Å². The molecule has 0 saturated heterocycles. The predicted molar refractivity (Wildman–Crippen MR) is 96.8 cm³/mol. The molecule has 3 rings (SSSR count). The summed E-state index contributed by atoms with van der Waals surface area (Å²) in [6.45, 7) is 0.552. The number of hydrogen-bond acceptors (Lipinski definition) is 4. The average Bonchev–Trinajstić information content (AvgIpc) is 3.06. The molecule has 0 unspecified atom stereocenters. The minimum Gasteiger partial charge on any atom is -0.504 e. The number of phenols is 1. The van der Waals surface area contributed by atoms with E-state index in [9.17, 15) is 9.90 Å². The number of rotatable bonds is 6. The Morgan fingerprint density at radius 1 is 1.20 bits per heavy atom. The van der Waals surface area contributed by atoms with Crippen LogP contribution in [0.5, 0.6) is 11.5 Å². The van der Waals surface area contributed by atoms with E-state index in [4.69, 9.17) is 4.74 Å². The third kappa shape index (κ3) is 4.56. The molecule has 0 heterocycles. The van der Waals surface area contributed by atoms with E-state index in [0.29, 0.717) is 30.6 Å². The summed E-state index contributed by atoms with van der Waals surface area (Å²) >= 11 is 0. The molecule has 2 aliphatic rings. The first-order valence-corrected chi connectivity index (χ1v) is 9.32. The van der Waals surface area contributed by atoms with Gasteiger partial charge in [0.2, 0.25) is 0 Å². The lowest BCUT2D eigenvalue weighted by molar-refractivity contribution is -0.140. The molecule has 4 heteroatoms. The highest BCUT2D eigenvalue weighted by Gasteiger charge is 2.33. The maximum atomic E-state index is 11.2. The molecule has 1 fully saturated rings. The van der Waals surface area contributed by atoms with Gasteiger partial charge in [-0.05, 0) is 67.2 Å². The van der Waals surface area contributed by atoms with Crippen molar-refractivity contribution >= 4 is 5.97 Å². The SMILES string of the molecule is COC(=O)CCc1ccc(OCC2=CC3(CCCC3)CCC2)c(O)c1. The van der Waals surface area contributed by atoms with Gasteiger partial charge in [-0.15, -0.1) is 0 Å². The Labute approximate surface area is 149 Å². The highest BCUT2D eigenvalue weighted by atomic mass is 16.5. The van der Waals surface area contributed by atoms with Gasteiger partial charge in [-0.3, -0.25) is 4.79 Å². The predicted octanol–water partition coefficient (Wildman–Crippen LogP) is 4.55. The highest BCUT2D eigenvalue weighted by Crippen LogP contribution is 2.47. The molecule has 1 aromatic carbocycles. The largest absolute Gasteiger partial charge is 0.504 e. The molecule has 1 N–H and O–H groups in total. The van der Waals surface area contributed by atoms with E-state index >= 15 is 0 Å². The number of carbonyl (C=O) groups is 1. The zero-order valence-corrected chi connectivity index (χ0v) is 15.1. The van der Waals surface area contributed by atoms with Gasteiger partial charge in [0.1, 0.15) is 6.61 Å². The fourth-order valence-corrected chi connectivity index (χ4v) is 4.19. The van der Waals surface area contributed by atoms with Crippen LogP contribution >= 0.6 is 0 Å². The van der Waals surface area contributed by atoms with Gasteiger partial charge >= 0.3 is 5.97 Å². The Hall–Kier alpha value is -1.97. The second-order valence-electron chi connectivity index (χ2n) is 7.39. The van der Waals surface area contributed by atoms with Gasteiger partial charge in [-0.2, -0.15) is 0 Å². The van der Waals surface area contributed by atoms with Crippen LogP contribution in [0.2, 0.25) is 0 Å². The molecule has 1 aromatic rings. The number of aryl methyl sites for hydroxylation is 1. The summed E-state index contributed by atoms with van der Waals surface area (Å²) in [5, 5.41) is 10.2. The molecule has 1 spiro atoms. The number of allylic oxidation sites excluding steroid dienone is 1. The Morgan fingerprint density at radius 2 is 1.96 bits per heavy atom. The number of hydrogen-bond donors (Lipinski definition) is 1. The maximum absolute atomic E-state index is 11.2. The number of aromatic hydroxyl groups is 1. The number of benzene rings is 1. The lowest BCUT2D eigenvalue weighted by Gasteiger charge is -2.31. The van der Waals surface area contributed by atoms with Crippen LogP contribution < -0.4 is 4.74 Å².